The second kappa shape index (κ2) is 7.65. The molecule has 1 aromatic carbocycles. The molecule has 0 aliphatic heterocycles. The zero-order chi connectivity index (χ0) is 19.6. The van der Waals surface area contributed by atoms with Crippen molar-refractivity contribution in [3.05, 3.63) is 57.8 Å². The largest absolute Gasteiger partial charge is 0.497 e. The van der Waals surface area contributed by atoms with Crippen LogP contribution in [-0.4, -0.2) is 22.6 Å². The van der Waals surface area contributed by atoms with Crippen LogP contribution in [0.4, 0.5) is 0 Å². The second-order valence-corrected chi connectivity index (χ2v) is 6.84. The van der Waals surface area contributed by atoms with Gasteiger partial charge in [-0.15, -0.1) is 0 Å². The molecule has 0 radical (unpaired) electrons. The molecule has 0 atom stereocenters. The number of nitrogens with one attached hydrogen (secondary N) is 1. The van der Waals surface area contributed by atoms with E-state index in [1.807, 2.05) is 38.1 Å². The Bertz CT molecular complexity index is 1030. The van der Waals surface area contributed by atoms with E-state index in [2.05, 4.69) is 10.3 Å². The fourth-order valence-electron chi connectivity index (χ4n) is 2.99. The van der Waals surface area contributed by atoms with Gasteiger partial charge in [0, 0.05) is 13.1 Å². The Kier molecular flexibility index (Phi) is 5.30. The van der Waals surface area contributed by atoms with E-state index in [4.69, 9.17) is 9.15 Å². The highest BCUT2D eigenvalue weighted by Gasteiger charge is 2.22. The lowest BCUT2D eigenvalue weighted by Gasteiger charge is -2.08. The number of methoxy groups -OCH3 is 1. The normalized spacial score (nSPS) is 11.1. The molecule has 3 rings (SSSR count). The van der Waals surface area contributed by atoms with Crippen molar-refractivity contribution in [2.24, 2.45) is 5.92 Å². The Morgan fingerprint density at radius 1 is 1.37 bits per heavy atom. The number of benzene rings is 1. The number of amides is 1. The van der Waals surface area contributed by atoms with Crippen LogP contribution < -0.4 is 15.6 Å². The van der Waals surface area contributed by atoms with Crippen LogP contribution in [0.2, 0.25) is 0 Å². The zero-order valence-electron chi connectivity index (χ0n) is 15.9. The van der Waals surface area contributed by atoms with Gasteiger partial charge in [0.25, 0.3) is 11.5 Å². The summed E-state index contributed by atoms with van der Waals surface area (Å²) in [6.07, 6.45) is 1.46. The van der Waals surface area contributed by atoms with Gasteiger partial charge in [0.05, 0.1) is 12.7 Å². The lowest BCUT2D eigenvalue weighted by Crippen LogP contribution is -2.27. The molecule has 1 N–H and O–H groups in total. The first kappa shape index (κ1) is 18.7. The molecule has 0 saturated carbocycles. The zero-order valence-corrected chi connectivity index (χ0v) is 15.9. The number of rotatable bonds is 6. The Morgan fingerprint density at radius 3 is 2.85 bits per heavy atom. The third-order valence-electron chi connectivity index (χ3n) is 4.23. The molecular weight excluding hydrogens is 346 g/mol. The Balaban J connectivity index is 1.91. The van der Waals surface area contributed by atoms with E-state index < -0.39 is 0 Å². The molecule has 0 saturated heterocycles. The van der Waals surface area contributed by atoms with Crippen molar-refractivity contribution in [1.82, 2.24) is 14.9 Å². The highest BCUT2D eigenvalue weighted by atomic mass is 16.5. The van der Waals surface area contributed by atoms with E-state index in [1.165, 1.54) is 10.9 Å². The first-order chi connectivity index (χ1) is 12.9. The molecular formula is C20H23N3O4. The highest BCUT2D eigenvalue weighted by molar-refractivity contribution is 6.06. The summed E-state index contributed by atoms with van der Waals surface area (Å²) in [4.78, 5) is 29.8. The van der Waals surface area contributed by atoms with Crippen molar-refractivity contribution in [3.63, 3.8) is 0 Å². The molecule has 0 aliphatic carbocycles. The van der Waals surface area contributed by atoms with Crippen LogP contribution in [0.15, 0.2) is 39.8 Å². The fourth-order valence-corrected chi connectivity index (χ4v) is 2.99. The quantitative estimate of drug-likeness (QED) is 0.722. The third kappa shape index (κ3) is 3.86. The summed E-state index contributed by atoms with van der Waals surface area (Å²) in [7, 11) is 1.59. The van der Waals surface area contributed by atoms with E-state index in [9.17, 15) is 9.59 Å². The van der Waals surface area contributed by atoms with Crippen LogP contribution in [0.1, 0.15) is 35.5 Å². The Morgan fingerprint density at radius 2 is 2.15 bits per heavy atom. The number of aromatic nitrogens is 2. The Hall–Kier alpha value is -3.09. The van der Waals surface area contributed by atoms with Crippen molar-refractivity contribution in [1.29, 1.82) is 0 Å². The SMILES string of the molecule is COc1cccc(CNC(=O)c2c(C)oc3ncn(CC(C)C)c(=O)c23)c1. The minimum atomic E-state index is -0.365. The summed E-state index contributed by atoms with van der Waals surface area (Å²) in [5.74, 6) is 1.00. The number of carbonyl (C=O) groups excluding carboxylic acids is 1. The predicted octanol–water partition coefficient (Wildman–Crippen LogP) is 2.89. The van der Waals surface area contributed by atoms with Crippen molar-refractivity contribution in [2.45, 2.75) is 33.9 Å². The second-order valence-electron chi connectivity index (χ2n) is 6.84. The average molecular weight is 369 g/mol. The topological polar surface area (TPSA) is 86.4 Å². The molecule has 142 valence electrons. The van der Waals surface area contributed by atoms with E-state index in [1.54, 1.807) is 14.0 Å². The van der Waals surface area contributed by atoms with Gasteiger partial charge in [0.2, 0.25) is 5.71 Å². The van der Waals surface area contributed by atoms with Crippen molar-refractivity contribution in [2.75, 3.05) is 7.11 Å². The molecule has 2 aromatic heterocycles. The predicted molar refractivity (Wildman–Crippen MR) is 102 cm³/mol. The van der Waals surface area contributed by atoms with Crippen LogP contribution in [0.3, 0.4) is 0 Å². The lowest BCUT2D eigenvalue weighted by molar-refractivity contribution is 0.0950. The van der Waals surface area contributed by atoms with Gasteiger partial charge in [-0.25, -0.2) is 4.98 Å². The molecule has 0 spiro atoms. The maximum Gasteiger partial charge on any atom is 0.265 e. The molecule has 0 fully saturated rings. The van der Waals surface area contributed by atoms with Crippen LogP contribution in [0.5, 0.6) is 5.75 Å². The monoisotopic (exact) mass is 369 g/mol. The number of ether oxygens (including phenoxy) is 1. The smallest absolute Gasteiger partial charge is 0.265 e. The average Bonchev–Trinajstić information content (AvgIpc) is 2.99. The van der Waals surface area contributed by atoms with E-state index in [0.717, 1.165) is 5.56 Å². The number of furan rings is 1. The van der Waals surface area contributed by atoms with E-state index in [-0.39, 0.29) is 34.0 Å². The molecule has 27 heavy (non-hydrogen) atoms. The van der Waals surface area contributed by atoms with Gasteiger partial charge >= 0.3 is 0 Å². The van der Waals surface area contributed by atoms with Gasteiger partial charge in [-0.2, -0.15) is 0 Å². The van der Waals surface area contributed by atoms with Crippen LogP contribution in [-0.2, 0) is 13.1 Å². The number of fused-ring (bicyclic) bond motifs is 1. The van der Waals surface area contributed by atoms with Crippen LogP contribution in [0.25, 0.3) is 11.1 Å². The van der Waals surface area contributed by atoms with Crippen molar-refractivity contribution >= 4 is 17.0 Å². The molecule has 2 heterocycles. The summed E-state index contributed by atoms with van der Waals surface area (Å²) in [5.41, 5.74) is 1.05. The molecule has 0 aliphatic rings. The first-order valence-corrected chi connectivity index (χ1v) is 8.80. The molecule has 1 amide bonds. The number of aryl methyl sites for hydroxylation is 1. The summed E-state index contributed by atoms with van der Waals surface area (Å²) in [6.45, 7) is 6.52. The minimum absolute atomic E-state index is 0.184. The summed E-state index contributed by atoms with van der Waals surface area (Å²) in [6, 6.07) is 7.42. The highest BCUT2D eigenvalue weighted by Crippen LogP contribution is 2.21. The maximum absolute atomic E-state index is 12.8. The van der Waals surface area contributed by atoms with Gasteiger partial charge < -0.3 is 14.5 Å². The molecule has 7 heteroatoms. The van der Waals surface area contributed by atoms with Gasteiger partial charge in [0.1, 0.15) is 23.2 Å². The maximum atomic E-state index is 12.8. The summed E-state index contributed by atoms with van der Waals surface area (Å²) in [5, 5.41) is 3.06. The standard InChI is InChI=1S/C20H23N3O4/c1-12(2)10-23-11-22-19-17(20(23)25)16(13(3)27-19)18(24)21-9-14-6-5-7-15(8-14)26-4/h5-8,11-12H,9-10H2,1-4H3,(H,21,24). The van der Waals surface area contributed by atoms with Crippen LogP contribution in [0, 0.1) is 12.8 Å². The van der Waals surface area contributed by atoms with Gasteiger partial charge in [-0.3, -0.25) is 14.2 Å². The third-order valence-corrected chi connectivity index (χ3v) is 4.23. The molecule has 3 aromatic rings. The number of hydrogen-bond acceptors (Lipinski definition) is 5. The minimum Gasteiger partial charge on any atom is -0.497 e. The van der Waals surface area contributed by atoms with E-state index >= 15 is 0 Å². The lowest BCUT2D eigenvalue weighted by atomic mass is 10.1. The first-order valence-electron chi connectivity index (χ1n) is 8.80. The molecule has 0 bridgehead atoms. The number of nitrogens with zero attached hydrogens (tertiary/aromatic N) is 2. The number of hydrogen-bond donors (Lipinski definition) is 1. The van der Waals surface area contributed by atoms with E-state index in [0.29, 0.717) is 24.6 Å². The number of carbonyl (C=O) groups is 1. The van der Waals surface area contributed by atoms with Crippen molar-refractivity contribution in [3.8, 4) is 5.75 Å². The van der Waals surface area contributed by atoms with Gasteiger partial charge in [0.15, 0.2) is 0 Å². The summed E-state index contributed by atoms with van der Waals surface area (Å²) >= 11 is 0. The Labute approximate surface area is 157 Å². The van der Waals surface area contributed by atoms with Gasteiger partial charge in [-0.05, 0) is 30.5 Å². The van der Waals surface area contributed by atoms with Crippen molar-refractivity contribution < 1.29 is 13.9 Å². The van der Waals surface area contributed by atoms with Gasteiger partial charge in [-0.1, -0.05) is 26.0 Å². The fraction of sp³-hybridized carbons (Fsp3) is 0.350. The van der Waals surface area contributed by atoms with Crippen LogP contribution >= 0.6 is 0 Å². The summed E-state index contributed by atoms with van der Waals surface area (Å²) < 4.78 is 12.3. The molecule has 0 unspecified atom stereocenters. The molecule has 7 nitrogen and oxygen atoms in total.